The number of hydrogen-bond donors (Lipinski definition) is 2. The van der Waals surface area contributed by atoms with E-state index in [1.165, 1.54) is 9.75 Å². The summed E-state index contributed by atoms with van der Waals surface area (Å²) >= 11 is 7.06. The fraction of sp³-hybridized carbons (Fsp3) is 0.583. The number of nitrogens with one attached hydrogen (secondary N) is 2. The molecule has 1 heterocycles. The number of hydrogen-bond acceptors (Lipinski definition) is 2. The molecule has 1 unspecified atom stereocenters. The average molecular weight is 256 g/mol. The van der Waals surface area contributed by atoms with Crippen LogP contribution in [0.3, 0.4) is 0 Å². The second-order valence-electron chi connectivity index (χ2n) is 4.02. The lowest BCUT2D eigenvalue weighted by Crippen LogP contribution is -2.41. The van der Waals surface area contributed by atoms with Crippen molar-refractivity contribution in [3.8, 4) is 0 Å². The third-order valence-corrected chi connectivity index (χ3v) is 3.50. The molecule has 2 N–H and O–H groups in total. The molecule has 0 aliphatic carbocycles. The minimum Gasteiger partial charge on any atom is -0.363 e. The molecule has 0 bridgehead atoms. The summed E-state index contributed by atoms with van der Waals surface area (Å²) in [7, 11) is 0. The van der Waals surface area contributed by atoms with E-state index in [2.05, 4.69) is 43.5 Å². The van der Waals surface area contributed by atoms with Gasteiger partial charge in [-0.2, -0.15) is 0 Å². The molecule has 0 spiro atoms. The zero-order valence-electron chi connectivity index (χ0n) is 10.2. The first kappa shape index (κ1) is 13.5. The summed E-state index contributed by atoms with van der Waals surface area (Å²) in [5.41, 5.74) is 0. The van der Waals surface area contributed by atoms with Gasteiger partial charge in [-0.3, -0.25) is 0 Å². The molecule has 4 heteroatoms. The van der Waals surface area contributed by atoms with Crippen molar-refractivity contribution in [1.82, 2.24) is 10.6 Å². The van der Waals surface area contributed by atoms with Gasteiger partial charge < -0.3 is 10.6 Å². The van der Waals surface area contributed by atoms with Crippen molar-refractivity contribution < 1.29 is 0 Å². The average Bonchev–Trinajstić information content (AvgIpc) is 2.60. The molecule has 0 saturated carbocycles. The van der Waals surface area contributed by atoms with E-state index in [0.717, 1.165) is 24.5 Å². The van der Waals surface area contributed by atoms with E-state index in [4.69, 9.17) is 12.2 Å². The van der Waals surface area contributed by atoms with Gasteiger partial charge >= 0.3 is 0 Å². The normalized spacial score (nSPS) is 12.2. The zero-order valence-corrected chi connectivity index (χ0v) is 11.8. The third kappa shape index (κ3) is 4.94. The van der Waals surface area contributed by atoms with Crippen LogP contribution in [0.4, 0.5) is 0 Å². The van der Waals surface area contributed by atoms with Crippen LogP contribution in [0, 0.1) is 6.92 Å². The molecule has 0 fully saturated rings. The van der Waals surface area contributed by atoms with Crippen molar-refractivity contribution in [3.63, 3.8) is 0 Å². The quantitative estimate of drug-likeness (QED) is 0.792. The van der Waals surface area contributed by atoms with E-state index in [1.54, 1.807) is 0 Å². The first-order chi connectivity index (χ1) is 7.61. The van der Waals surface area contributed by atoms with Gasteiger partial charge in [0.2, 0.25) is 0 Å². The van der Waals surface area contributed by atoms with Crippen molar-refractivity contribution in [3.05, 3.63) is 21.9 Å². The van der Waals surface area contributed by atoms with Gasteiger partial charge in [0.25, 0.3) is 0 Å². The molecule has 1 aromatic rings. The second kappa shape index (κ2) is 6.86. The molecule has 90 valence electrons. The van der Waals surface area contributed by atoms with Gasteiger partial charge in [-0.25, -0.2) is 0 Å². The van der Waals surface area contributed by atoms with Crippen LogP contribution in [-0.2, 0) is 6.42 Å². The Bertz CT molecular complexity index is 334. The summed E-state index contributed by atoms with van der Waals surface area (Å²) in [5, 5.41) is 7.24. The monoisotopic (exact) mass is 256 g/mol. The highest BCUT2D eigenvalue weighted by atomic mass is 32.1. The van der Waals surface area contributed by atoms with Gasteiger partial charge in [0.1, 0.15) is 0 Å². The first-order valence-electron chi connectivity index (χ1n) is 5.71. The lowest BCUT2D eigenvalue weighted by molar-refractivity contribution is 0.652. The van der Waals surface area contributed by atoms with Crippen molar-refractivity contribution >= 4 is 28.7 Å². The van der Waals surface area contributed by atoms with Crippen LogP contribution in [0.15, 0.2) is 12.1 Å². The molecule has 0 amide bonds. The van der Waals surface area contributed by atoms with Crippen LogP contribution in [0.1, 0.15) is 30.0 Å². The van der Waals surface area contributed by atoms with E-state index in [1.807, 2.05) is 11.3 Å². The van der Waals surface area contributed by atoms with Crippen molar-refractivity contribution in [1.29, 1.82) is 0 Å². The second-order valence-corrected chi connectivity index (χ2v) is 5.80. The number of thiocarbonyl (C=S) groups is 1. The van der Waals surface area contributed by atoms with Gasteiger partial charge in [0.05, 0.1) is 0 Å². The van der Waals surface area contributed by atoms with Gasteiger partial charge in [-0.15, -0.1) is 11.3 Å². The van der Waals surface area contributed by atoms with Gasteiger partial charge in [-0.1, -0.05) is 6.92 Å². The highest BCUT2D eigenvalue weighted by Crippen LogP contribution is 2.16. The van der Waals surface area contributed by atoms with Gasteiger partial charge in [0, 0.05) is 28.8 Å². The number of thiophene rings is 1. The summed E-state index contributed by atoms with van der Waals surface area (Å²) in [6.45, 7) is 7.37. The highest BCUT2D eigenvalue weighted by Gasteiger charge is 2.06. The van der Waals surface area contributed by atoms with Crippen molar-refractivity contribution in [2.45, 2.75) is 39.7 Å². The lowest BCUT2D eigenvalue weighted by Gasteiger charge is -2.15. The molecular weight excluding hydrogens is 236 g/mol. The smallest absolute Gasteiger partial charge is 0.166 e. The molecule has 16 heavy (non-hydrogen) atoms. The Labute approximate surface area is 107 Å². The van der Waals surface area contributed by atoms with Crippen LogP contribution in [-0.4, -0.2) is 17.7 Å². The molecule has 2 nitrogen and oxygen atoms in total. The maximum Gasteiger partial charge on any atom is 0.166 e. The summed E-state index contributed by atoms with van der Waals surface area (Å²) < 4.78 is 0. The maximum atomic E-state index is 5.20. The van der Waals surface area contributed by atoms with Gasteiger partial charge in [-0.05, 0) is 44.6 Å². The SMILES string of the molecule is CCCNC(=S)NC(C)Cc1ccc(C)s1. The van der Waals surface area contributed by atoms with Crippen LogP contribution >= 0.6 is 23.6 Å². The maximum absolute atomic E-state index is 5.20. The molecule has 1 aromatic heterocycles. The molecule has 0 saturated heterocycles. The summed E-state index contributed by atoms with van der Waals surface area (Å²) in [6.07, 6.45) is 2.13. The van der Waals surface area contributed by atoms with Crippen LogP contribution in [0.25, 0.3) is 0 Å². The molecule has 0 aliphatic heterocycles. The van der Waals surface area contributed by atoms with Crippen molar-refractivity contribution in [2.24, 2.45) is 0 Å². The molecule has 0 aromatic carbocycles. The summed E-state index contributed by atoms with van der Waals surface area (Å²) in [6, 6.07) is 4.75. The lowest BCUT2D eigenvalue weighted by atomic mass is 10.2. The van der Waals surface area contributed by atoms with Crippen LogP contribution < -0.4 is 10.6 Å². The standard InChI is InChI=1S/C12H20N2S2/c1-4-7-13-12(15)14-9(2)8-11-6-5-10(3)16-11/h5-6,9H,4,7-8H2,1-3H3,(H2,13,14,15). The minimum absolute atomic E-state index is 0.384. The minimum atomic E-state index is 0.384. The van der Waals surface area contributed by atoms with Crippen molar-refractivity contribution in [2.75, 3.05) is 6.54 Å². The number of rotatable bonds is 5. The topological polar surface area (TPSA) is 24.1 Å². The molecular formula is C12H20N2S2. The summed E-state index contributed by atoms with van der Waals surface area (Å²) in [4.78, 5) is 2.78. The fourth-order valence-electron chi connectivity index (χ4n) is 1.46. The fourth-order valence-corrected chi connectivity index (χ4v) is 2.78. The highest BCUT2D eigenvalue weighted by molar-refractivity contribution is 7.80. The Kier molecular flexibility index (Phi) is 5.77. The van der Waals surface area contributed by atoms with E-state index in [0.29, 0.717) is 6.04 Å². The molecule has 0 aliphatic rings. The van der Waals surface area contributed by atoms with Crippen LogP contribution in [0.2, 0.25) is 0 Å². The summed E-state index contributed by atoms with van der Waals surface area (Å²) in [5.74, 6) is 0. The Morgan fingerprint density at radius 2 is 2.25 bits per heavy atom. The predicted octanol–water partition coefficient (Wildman–Crippen LogP) is 2.86. The molecule has 1 atom stereocenters. The first-order valence-corrected chi connectivity index (χ1v) is 6.94. The van der Waals surface area contributed by atoms with Gasteiger partial charge in [0.15, 0.2) is 5.11 Å². The number of aryl methyl sites for hydroxylation is 1. The van der Waals surface area contributed by atoms with E-state index in [-0.39, 0.29) is 0 Å². The Balaban J connectivity index is 2.30. The molecule has 0 radical (unpaired) electrons. The molecule has 1 rings (SSSR count). The predicted molar refractivity (Wildman–Crippen MR) is 76.2 cm³/mol. The Morgan fingerprint density at radius 1 is 1.50 bits per heavy atom. The van der Waals surface area contributed by atoms with E-state index >= 15 is 0 Å². The largest absolute Gasteiger partial charge is 0.363 e. The Hall–Kier alpha value is -0.610. The Morgan fingerprint density at radius 3 is 2.81 bits per heavy atom. The van der Waals surface area contributed by atoms with E-state index in [9.17, 15) is 0 Å². The van der Waals surface area contributed by atoms with Crippen LogP contribution in [0.5, 0.6) is 0 Å². The zero-order chi connectivity index (χ0) is 12.0. The third-order valence-electron chi connectivity index (χ3n) is 2.22. The van der Waals surface area contributed by atoms with E-state index < -0.39 is 0 Å².